The highest BCUT2D eigenvalue weighted by Gasteiger charge is 2.12. The van der Waals surface area contributed by atoms with Crippen LogP contribution in [0.15, 0.2) is 59.7 Å². The number of hydrogen-bond acceptors (Lipinski definition) is 5. The lowest BCUT2D eigenvalue weighted by Crippen LogP contribution is -2.17. The zero-order valence-electron chi connectivity index (χ0n) is 15.8. The molecule has 0 aliphatic rings. The van der Waals surface area contributed by atoms with E-state index < -0.39 is 5.91 Å². The van der Waals surface area contributed by atoms with Crippen molar-refractivity contribution in [2.45, 2.75) is 13.8 Å². The summed E-state index contributed by atoms with van der Waals surface area (Å²) in [5.74, 6) is 0.694. The fraction of sp³-hybridized carbons (Fsp3) is 0.182. The third-order valence-electron chi connectivity index (χ3n) is 4.06. The summed E-state index contributed by atoms with van der Waals surface area (Å²) in [6.07, 6.45) is 1.51. The van der Waals surface area contributed by atoms with Crippen LogP contribution in [-0.4, -0.2) is 30.4 Å². The van der Waals surface area contributed by atoms with Gasteiger partial charge in [-0.25, -0.2) is 5.43 Å². The van der Waals surface area contributed by atoms with Crippen molar-refractivity contribution in [1.29, 1.82) is 0 Å². The van der Waals surface area contributed by atoms with Gasteiger partial charge in [-0.05, 0) is 60.5 Å². The predicted molar refractivity (Wildman–Crippen MR) is 109 cm³/mol. The van der Waals surface area contributed by atoms with E-state index in [1.807, 2.05) is 44.2 Å². The van der Waals surface area contributed by atoms with E-state index in [9.17, 15) is 9.90 Å². The Labute approximate surface area is 163 Å². The van der Waals surface area contributed by atoms with Crippen molar-refractivity contribution in [3.8, 4) is 17.2 Å². The molecule has 1 amide bonds. The second-order valence-corrected chi connectivity index (χ2v) is 5.99. The van der Waals surface area contributed by atoms with Crippen molar-refractivity contribution in [1.82, 2.24) is 5.43 Å². The molecule has 0 spiro atoms. The number of ether oxygens (including phenoxy) is 2. The lowest BCUT2D eigenvalue weighted by atomic mass is 10.1. The molecule has 0 saturated heterocycles. The molecule has 144 valence electrons. The Balaban J connectivity index is 1.74. The van der Waals surface area contributed by atoms with E-state index >= 15 is 0 Å². The maximum atomic E-state index is 12.4. The van der Waals surface area contributed by atoms with Crippen LogP contribution >= 0.6 is 0 Å². The summed E-state index contributed by atoms with van der Waals surface area (Å²) in [5, 5.41) is 15.8. The molecule has 0 radical (unpaired) electrons. The topological polar surface area (TPSA) is 80.2 Å². The van der Waals surface area contributed by atoms with E-state index in [0.29, 0.717) is 24.7 Å². The molecule has 28 heavy (non-hydrogen) atoms. The second-order valence-electron chi connectivity index (χ2n) is 5.99. The summed E-state index contributed by atoms with van der Waals surface area (Å²) in [5.41, 5.74) is 3.35. The first-order valence-electron chi connectivity index (χ1n) is 9.07. The zero-order chi connectivity index (χ0) is 19.9. The Bertz CT molecular complexity index is 1010. The smallest absolute Gasteiger partial charge is 0.275 e. The van der Waals surface area contributed by atoms with E-state index in [2.05, 4.69) is 10.5 Å². The molecule has 6 nitrogen and oxygen atoms in total. The average molecular weight is 378 g/mol. The van der Waals surface area contributed by atoms with Gasteiger partial charge in [-0.15, -0.1) is 0 Å². The first-order chi connectivity index (χ1) is 13.6. The SMILES string of the molecule is CCOc1ccc(/C=N\NC(=O)c2cc3ccccc3cc2O)cc1OCC. The quantitative estimate of drug-likeness (QED) is 0.479. The number of aromatic hydroxyl groups is 1. The summed E-state index contributed by atoms with van der Waals surface area (Å²) >= 11 is 0. The molecular formula is C22H22N2O4. The highest BCUT2D eigenvalue weighted by molar-refractivity contribution is 6.01. The summed E-state index contributed by atoms with van der Waals surface area (Å²) in [6, 6.07) is 16.1. The van der Waals surface area contributed by atoms with Crippen molar-refractivity contribution in [3.05, 3.63) is 65.7 Å². The van der Waals surface area contributed by atoms with Gasteiger partial charge in [0, 0.05) is 0 Å². The number of nitrogens with one attached hydrogen (secondary N) is 1. The Kier molecular flexibility index (Phi) is 6.11. The van der Waals surface area contributed by atoms with Crippen molar-refractivity contribution < 1.29 is 19.4 Å². The van der Waals surface area contributed by atoms with E-state index in [0.717, 1.165) is 16.3 Å². The lowest BCUT2D eigenvalue weighted by Gasteiger charge is -2.11. The third kappa shape index (κ3) is 4.40. The number of nitrogens with zero attached hydrogens (tertiary/aromatic N) is 1. The normalized spacial score (nSPS) is 10.9. The number of hydrogen-bond donors (Lipinski definition) is 2. The maximum Gasteiger partial charge on any atom is 0.275 e. The monoisotopic (exact) mass is 378 g/mol. The molecule has 0 bridgehead atoms. The molecule has 3 aromatic rings. The average Bonchev–Trinajstić information content (AvgIpc) is 2.69. The van der Waals surface area contributed by atoms with Crippen LogP contribution < -0.4 is 14.9 Å². The van der Waals surface area contributed by atoms with Crippen LogP contribution in [0.2, 0.25) is 0 Å². The molecule has 0 heterocycles. The van der Waals surface area contributed by atoms with Crippen molar-refractivity contribution in [2.75, 3.05) is 13.2 Å². The fourth-order valence-electron chi connectivity index (χ4n) is 2.78. The minimum absolute atomic E-state index is 0.0916. The number of hydrazone groups is 1. The van der Waals surface area contributed by atoms with Gasteiger partial charge in [0.1, 0.15) is 5.75 Å². The predicted octanol–water partition coefficient (Wildman–Crippen LogP) is 4.11. The van der Waals surface area contributed by atoms with Gasteiger partial charge in [0.2, 0.25) is 0 Å². The molecule has 0 unspecified atom stereocenters. The van der Waals surface area contributed by atoms with Gasteiger partial charge in [-0.3, -0.25) is 4.79 Å². The number of rotatable bonds is 7. The number of benzene rings is 3. The highest BCUT2D eigenvalue weighted by atomic mass is 16.5. The van der Waals surface area contributed by atoms with Crippen molar-refractivity contribution in [3.63, 3.8) is 0 Å². The Hall–Kier alpha value is -3.54. The van der Waals surface area contributed by atoms with Gasteiger partial charge in [0.05, 0.1) is 25.0 Å². The van der Waals surface area contributed by atoms with Gasteiger partial charge >= 0.3 is 0 Å². The molecule has 6 heteroatoms. The van der Waals surface area contributed by atoms with Crippen LogP contribution in [0.4, 0.5) is 0 Å². The van der Waals surface area contributed by atoms with E-state index in [4.69, 9.17) is 9.47 Å². The summed E-state index contributed by atoms with van der Waals surface area (Å²) in [4.78, 5) is 12.4. The van der Waals surface area contributed by atoms with Crippen LogP contribution in [0.1, 0.15) is 29.8 Å². The molecule has 3 aromatic carbocycles. The molecular weight excluding hydrogens is 356 g/mol. The fourth-order valence-corrected chi connectivity index (χ4v) is 2.78. The molecule has 3 rings (SSSR count). The Morgan fingerprint density at radius 3 is 2.39 bits per heavy atom. The van der Waals surface area contributed by atoms with Crippen LogP contribution in [0, 0.1) is 0 Å². The van der Waals surface area contributed by atoms with Gasteiger partial charge in [-0.2, -0.15) is 5.10 Å². The van der Waals surface area contributed by atoms with Gasteiger partial charge in [-0.1, -0.05) is 24.3 Å². The molecule has 0 aliphatic heterocycles. The van der Waals surface area contributed by atoms with E-state index in [-0.39, 0.29) is 11.3 Å². The molecule has 2 N–H and O–H groups in total. The number of phenols is 1. The van der Waals surface area contributed by atoms with Crippen molar-refractivity contribution in [2.24, 2.45) is 5.10 Å². The van der Waals surface area contributed by atoms with Crippen LogP contribution in [0.3, 0.4) is 0 Å². The number of phenolic OH excluding ortho intramolecular Hbond substituents is 1. The van der Waals surface area contributed by atoms with E-state index in [1.165, 1.54) is 6.21 Å². The molecule has 0 saturated carbocycles. The van der Waals surface area contributed by atoms with Gasteiger partial charge in [0.15, 0.2) is 11.5 Å². The molecule has 0 aromatic heterocycles. The van der Waals surface area contributed by atoms with Crippen LogP contribution in [0.5, 0.6) is 17.2 Å². The van der Waals surface area contributed by atoms with Crippen LogP contribution in [-0.2, 0) is 0 Å². The largest absolute Gasteiger partial charge is 0.507 e. The van der Waals surface area contributed by atoms with Gasteiger partial charge in [0.25, 0.3) is 5.91 Å². The third-order valence-corrected chi connectivity index (χ3v) is 4.06. The number of carbonyl (C=O) groups is 1. The van der Waals surface area contributed by atoms with Gasteiger partial charge < -0.3 is 14.6 Å². The Morgan fingerprint density at radius 1 is 1.00 bits per heavy atom. The molecule has 0 aliphatic carbocycles. The van der Waals surface area contributed by atoms with Crippen LogP contribution in [0.25, 0.3) is 10.8 Å². The molecule has 0 atom stereocenters. The van der Waals surface area contributed by atoms with Crippen molar-refractivity contribution >= 4 is 22.9 Å². The second kappa shape index (κ2) is 8.90. The first-order valence-corrected chi connectivity index (χ1v) is 9.07. The summed E-state index contributed by atoms with van der Waals surface area (Å²) in [6.45, 7) is 4.85. The summed E-state index contributed by atoms with van der Waals surface area (Å²) in [7, 11) is 0. The lowest BCUT2D eigenvalue weighted by molar-refractivity contribution is 0.0952. The standard InChI is InChI=1S/C22H22N2O4/c1-3-27-20-10-9-15(11-21(20)28-4-2)14-23-24-22(26)18-12-16-7-5-6-8-17(16)13-19(18)25/h5-14,25H,3-4H2,1-2H3,(H,24,26)/b23-14-. The number of amides is 1. The van der Waals surface area contributed by atoms with E-state index in [1.54, 1.807) is 24.3 Å². The highest BCUT2D eigenvalue weighted by Crippen LogP contribution is 2.28. The minimum Gasteiger partial charge on any atom is -0.507 e. The first kappa shape index (κ1) is 19.2. The summed E-state index contributed by atoms with van der Waals surface area (Å²) < 4.78 is 11.1. The zero-order valence-corrected chi connectivity index (χ0v) is 15.8. The molecule has 0 fully saturated rings. The number of carbonyl (C=O) groups excluding carboxylic acids is 1. The maximum absolute atomic E-state index is 12.4. The minimum atomic E-state index is -0.490. The number of fused-ring (bicyclic) bond motifs is 1. The Morgan fingerprint density at radius 2 is 1.68 bits per heavy atom.